The van der Waals surface area contributed by atoms with Crippen molar-refractivity contribution in [3.05, 3.63) is 52.4 Å². The van der Waals surface area contributed by atoms with Crippen molar-refractivity contribution in [2.24, 2.45) is 5.73 Å². The molecular formula is C23H25F6N5O3. The molecule has 2 aromatic rings. The van der Waals surface area contributed by atoms with Crippen LogP contribution < -0.4 is 5.73 Å². The van der Waals surface area contributed by atoms with Crippen LogP contribution in [0.4, 0.5) is 26.3 Å². The number of nitrogens with two attached hydrogens (primary N) is 1. The van der Waals surface area contributed by atoms with E-state index in [1.54, 1.807) is 0 Å². The fourth-order valence-electron chi connectivity index (χ4n) is 4.83. The van der Waals surface area contributed by atoms with Gasteiger partial charge in [-0.2, -0.15) is 13.2 Å². The summed E-state index contributed by atoms with van der Waals surface area (Å²) in [7, 11) is 0. The minimum atomic E-state index is -4.84. The molecule has 202 valence electrons. The van der Waals surface area contributed by atoms with Gasteiger partial charge in [0, 0.05) is 38.2 Å². The summed E-state index contributed by atoms with van der Waals surface area (Å²) in [5.41, 5.74) is 5.20. The molecule has 0 saturated carbocycles. The quantitative estimate of drug-likeness (QED) is 0.438. The minimum absolute atomic E-state index is 0.0827. The number of aliphatic hydroxyl groups is 1. The van der Waals surface area contributed by atoms with E-state index < -0.39 is 59.0 Å². The van der Waals surface area contributed by atoms with Crippen molar-refractivity contribution in [2.75, 3.05) is 19.7 Å². The fraction of sp³-hybridized carbons (Fsp3) is 0.522. The number of hydrogen-bond acceptors (Lipinski definition) is 5. The second-order valence-corrected chi connectivity index (χ2v) is 9.20. The van der Waals surface area contributed by atoms with E-state index >= 15 is 0 Å². The Morgan fingerprint density at radius 2 is 1.81 bits per heavy atom. The van der Waals surface area contributed by atoms with Gasteiger partial charge < -0.3 is 25.2 Å². The number of carbonyl (C=O) groups excluding carboxylic acids is 2. The first-order valence-corrected chi connectivity index (χ1v) is 11.7. The van der Waals surface area contributed by atoms with E-state index in [9.17, 15) is 41.0 Å². The number of amides is 2. The summed E-state index contributed by atoms with van der Waals surface area (Å²) in [5.74, 6) is -6.21. The zero-order valence-corrected chi connectivity index (χ0v) is 19.6. The lowest BCUT2D eigenvalue weighted by Gasteiger charge is -2.31. The van der Waals surface area contributed by atoms with Gasteiger partial charge in [-0.1, -0.05) is 0 Å². The Kier molecular flexibility index (Phi) is 7.51. The van der Waals surface area contributed by atoms with Crippen molar-refractivity contribution in [3.8, 4) is 0 Å². The minimum Gasteiger partial charge on any atom is -0.394 e. The van der Waals surface area contributed by atoms with Gasteiger partial charge in [-0.25, -0.2) is 18.2 Å². The molecule has 0 aliphatic carbocycles. The van der Waals surface area contributed by atoms with Crippen molar-refractivity contribution in [1.82, 2.24) is 19.4 Å². The van der Waals surface area contributed by atoms with Gasteiger partial charge in [0.15, 0.2) is 17.3 Å². The third-order valence-corrected chi connectivity index (χ3v) is 6.67. The highest BCUT2D eigenvalue weighted by Crippen LogP contribution is 2.33. The lowest BCUT2D eigenvalue weighted by molar-refractivity contribution is -0.148. The Labute approximate surface area is 207 Å². The fourth-order valence-corrected chi connectivity index (χ4v) is 4.83. The number of hydrogen-bond donors (Lipinski definition) is 2. The number of carbonyl (C=O) groups is 2. The molecule has 1 aromatic heterocycles. The Morgan fingerprint density at radius 1 is 1.11 bits per heavy atom. The number of likely N-dealkylation sites (tertiary alicyclic amines) is 1. The van der Waals surface area contributed by atoms with E-state index in [2.05, 4.69) is 4.98 Å². The van der Waals surface area contributed by atoms with Crippen molar-refractivity contribution < 1.29 is 41.0 Å². The topological polar surface area (TPSA) is 105 Å². The lowest BCUT2D eigenvalue weighted by Crippen LogP contribution is -2.43. The van der Waals surface area contributed by atoms with Gasteiger partial charge in [0.1, 0.15) is 5.82 Å². The number of alkyl halides is 3. The molecule has 2 atom stereocenters. The average Bonchev–Trinajstić information content (AvgIpc) is 3.46. The molecule has 8 nitrogen and oxygen atoms in total. The highest BCUT2D eigenvalue weighted by molar-refractivity contribution is 5.94. The Morgan fingerprint density at radius 3 is 2.49 bits per heavy atom. The largest absolute Gasteiger partial charge is 0.449 e. The van der Waals surface area contributed by atoms with Crippen LogP contribution in [-0.2, 0) is 30.5 Å². The molecule has 4 rings (SSSR count). The van der Waals surface area contributed by atoms with Crippen LogP contribution in [0.3, 0.4) is 0 Å². The van der Waals surface area contributed by atoms with Gasteiger partial charge in [0.2, 0.25) is 11.7 Å². The molecule has 2 amide bonds. The van der Waals surface area contributed by atoms with E-state index in [-0.39, 0.29) is 56.9 Å². The predicted molar refractivity (Wildman–Crippen MR) is 116 cm³/mol. The van der Waals surface area contributed by atoms with E-state index in [0.29, 0.717) is 25.0 Å². The van der Waals surface area contributed by atoms with Gasteiger partial charge in [-0.3, -0.25) is 9.59 Å². The summed E-state index contributed by atoms with van der Waals surface area (Å²) in [6, 6.07) is -0.484. The molecular weight excluding hydrogens is 508 g/mol. The summed E-state index contributed by atoms with van der Waals surface area (Å²) in [4.78, 5) is 32.1. The van der Waals surface area contributed by atoms with Gasteiger partial charge >= 0.3 is 6.18 Å². The molecule has 0 bridgehead atoms. The van der Waals surface area contributed by atoms with Crippen molar-refractivity contribution in [2.45, 2.75) is 57.0 Å². The van der Waals surface area contributed by atoms with E-state index in [1.165, 1.54) is 9.80 Å². The number of aromatic nitrogens is 2. The van der Waals surface area contributed by atoms with Crippen LogP contribution in [0.1, 0.15) is 46.8 Å². The first-order valence-electron chi connectivity index (χ1n) is 11.7. The average molecular weight is 533 g/mol. The molecule has 3 N–H and O–H groups in total. The zero-order chi connectivity index (χ0) is 27.1. The molecule has 0 unspecified atom stereocenters. The maximum Gasteiger partial charge on any atom is 0.449 e. The molecule has 1 saturated heterocycles. The molecule has 0 spiro atoms. The predicted octanol–water partition coefficient (Wildman–Crippen LogP) is 2.22. The zero-order valence-electron chi connectivity index (χ0n) is 19.6. The Balaban J connectivity index is 1.53. The smallest absolute Gasteiger partial charge is 0.394 e. The summed E-state index contributed by atoms with van der Waals surface area (Å²) in [6.07, 6.45) is -4.37. The number of nitrogens with zero attached hydrogens (tertiary/aromatic N) is 4. The first-order chi connectivity index (χ1) is 17.4. The van der Waals surface area contributed by atoms with Gasteiger partial charge in [-0.15, -0.1) is 0 Å². The summed E-state index contributed by atoms with van der Waals surface area (Å²) < 4.78 is 82.4. The number of halogens is 6. The molecule has 37 heavy (non-hydrogen) atoms. The number of benzene rings is 1. The van der Waals surface area contributed by atoms with E-state index in [0.717, 1.165) is 4.57 Å². The summed E-state index contributed by atoms with van der Waals surface area (Å²) in [6.45, 7) is -0.807. The van der Waals surface area contributed by atoms with Crippen LogP contribution in [0.2, 0.25) is 0 Å². The van der Waals surface area contributed by atoms with Crippen molar-refractivity contribution in [3.63, 3.8) is 0 Å². The molecule has 2 aliphatic heterocycles. The van der Waals surface area contributed by atoms with E-state index in [1.807, 2.05) is 0 Å². The Hall–Kier alpha value is -3.13. The lowest BCUT2D eigenvalue weighted by atomic mass is 10.0. The second-order valence-electron chi connectivity index (χ2n) is 9.20. The van der Waals surface area contributed by atoms with E-state index in [4.69, 9.17) is 5.73 Å². The maximum atomic E-state index is 13.9. The number of aliphatic hydroxyl groups excluding tert-OH is 1. The molecule has 1 fully saturated rings. The van der Waals surface area contributed by atoms with Gasteiger partial charge in [0.25, 0.3) is 5.91 Å². The third-order valence-electron chi connectivity index (χ3n) is 6.67. The highest BCUT2D eigenvalue weighted by Gasteiger charge is 2.43. The molecule has 14 heteroatoms. The summed E-state index contributed by atoms with van der Waals surface area (Å²) in [5, 5.41) is 9.53. The molecule has 1 aromatic carbocycles. The monoisotopic (exact) mass is 533 g/mol. The van der Waals surface area contributed by atoms with Crippen LogP contribution in [-0.4, -0.2) is 68.1 Å². The van der Waals surface area contributed by atoms with Crippen LogP contribution >= 0.6 is 0 Å². The first kappa shape index (κ1) is 26.9. The van der Waals surface area contributed by atoms with Crippen LogP contribution in [0.5, 0.6) is 0 Å². The van der Waals surface area contributed by atoms with Crippen molar-refractivity contribution in [1.29, 1.82) is 0 Å². The third kappa shape index (κ3) is 5.44. The summed E-state index contributed by atoms with van der Waals surface area (Å²) >= 11 is 0. The molecule has 0 radical (unpaired) electrons. The number of fused-ring (bicyclic) bond motifs is 1. The Bertz CT molecular complexity index is 1200. The second kappa shape index (κ2) is 10.3. The van der Waals surface area contributed by atoms with Crippen molar-refractivity contribution >= 4 is 11.8 Å². The molecule has 3 heterocycles. The molecule has 2 aliphatic rings. The van der Waals surface area contributed by atoms with Gasteiger partial charge in [-0.05, 0) is 30.9 Å². The van der Waals surface area contributed by atoms with Crippen LogP contribution in [0, 0.1) is 17.5 Å². The van der Waals surface area contributed by atoms with Gasteiger partial charge in [0.05, 0.1) is 24.9 Å². The normalized spacial score (nSPS) is 18.8. The van der Waals surface area contributed by atoms with Crippen LogP contribution in [0.25, 0.3) is 0 Å². The maximum absolute atomic E-state index is 13.9. The number of rotatable bonds is 6. The standard InChI is InChI=1S/C23H25F6N5O3/c24-15-9-17(26)16(25)7-12(15)6-13(30)8-19(36)32-4-5-34-18(10-32)20(31-22(34)23(27,28)29)21(37)33-3-1-2-14(33)11-35/h7,9,13-14,35H,1-6,8,10-11,30H2/t13-,14+/m1/s1. The highest BCUT2D eigenvalue weighted by atomic mass is 19.4. The SMILES string of the molecule is N[C@@H](CC(=O)N1CCn2c(C(F)(F)F)nc(C(=O)N3CCC[C@H]3CO)c2C1)Cc1cc(F)c(F)cc1F. The van der Waals surface area contributed by atoms with Crippen LogP contribution in [0.15, 0.2) is 12.1 Å². The number of imidazole rings is 1.